The first-order chi connectivity index (χ1) is 9.56. The Morgan fingerprint density at radius 1 is 1.45 bits per heavy atom. The van der Waals surface area contributed by atoms with Crippen LogP contribution in [0.25, 0.3) is 0 Å². The fourth-order valence-corrected chi connectivity index (χ4v) is 2.28. The number of nitrogens with zero attached hydrogens (tertiary/aromatic N) is 1. The number of amides is 2. The third kappa shape index (κ3) is 3.77. The minimum absolute atomic E-state index is 0.121. The van der Waals surface area contributed by atoms with Gasteiger partial charge in [-0.05, 0) is 18.6 Å². The highest BCUT2D eigenvalue weighted by atomic mass is 32.1. The summed E-state index contributed by atoms with van der Waals surface area (Å²) in [6, 6.07) is 7.09. The molecule has 1 aromatic rings. The van der Waals surface area contributed by atoms with Crippen molar-refractivity contribution in [2.45, 2.75) is 19.3 Å². The molecule has 0 spiro atoms. The zero-order chi connectivity index (χ0) is 14.5. The van der Waals surface area contributed by atoms with E-state index < -0.39 is 0 Å². The average Bonchev–Trinajstić information content (AvgIpc) is 2.82. The van der Waals surface area contributed by atoms with E-state index in [-0.39, 0.29) is 11.8 Å². The minimum atomic E-state index is -0.121. The second kappa shape index (κ2) is 6.47. The van der Waals surface area contributed by atoms with Gasteiger partial charge in [-0.15, -0.1) is 0 Å². The van der Waals surface area contributed by atoms with Crippen LogP contribution in [0.2, 0.25) is 0 Å². The lowest BCUT2D eigenvalue weighted by Gasteiger charge is -2.15. The van der Waals surface area contributed by atoms with Crippen molar-refractivity contribution in [1.29, 1.82) is 0 Å². The molecule has 106 valence electrons. The zero-order valence-electron chi connectivity index (χ0n) is 11.1. The van der Waals surface area contributed by atoms with Crippen LogP contribution in [-0.2, 0) is 9.59 Å². The highest BCUT2D eigenvalue weighted by Crippen LogP contribution is 2.12. The van der Waals surface area contributed by atoms with Crippen molar-refractivity contribution in [3.63, 3.8) is 0 Å². The maximum Gasteiger partial charge on any atom is 0.226 e. The van der Waals surface area contributed by atoms with E-state index in [1.165, 1.54) is 0 Å². The van der Waals surface area contributed by atoms with Crippen molar-refractivity contribution >= 4 is 34.7 Å². The van der Waals surface area contributed by atoms with Crippen molar-refractivity contribution in [3.8, 4) is 0 Å². The first-order valence-corrected chi connectivity index (χ1v) is 6.94. The van der Waals surface area contributed by atoms with E-state index >= 15 is 0 Å². The lowest BCUT2D eigenvalue weighted by Crippen LogP contribution is -2.28. The number of hydrogen-bond acceptors (Lipinski definition) is 3. The normalized spacial score (nSPS) is 14.4. The number of nitrogens with two attached hydrogens (primary N) is 1. The van der Waals surface area contributed by atoms with E-state index in [0.717, 1.165) is 13.0 Å². The summed E-state index contributed by atoms with van der Waals surface area (Å²) in [7, 11) is 0. The van der Waals surface area contributed by atoms with Gasteiger partial charge in [0, 0.05) is 37.2 Å². The molecule has 1 saturated heterocycles. The predicted molar refractivity (Wildman–Crippen MR) is 81.4 cm³/mol. The third-order valence-electron chi connectivity index (χ3n) is 3.21. The van der Waals surface area contributed by atoms with E-state index in [4.69, 9.17) is 18.0 Å². The van der Waals surface area contributed by atoms with Crippen LogP contribution in [0, 0.1) is 0 Å². The summed E-state index contributed by atoms with van der Waals surface area (Å²) >= 11 is 4.89. The number of carbonyl (C=O) groups excluding carboxylic acids is 2. The second-order valence-electron chi connectivity index (χ2n) is 4.73. The zero-order valence-corrected chi connectivity index (χ0v) is 11.9. The molecule has 0 radical (unpaired) electrons. The van der Waals surface area contributed by atoms with Gasteiger partial charge in [-0.2, -0.15) is 0 Å². The lowest BCUT2D eigenvalue weighted by atomic mass is 10.2. The van der Waals surface area contributed by atoms with Gasteiger partial charge in [0.25, 0.3) is 0 Å². The molecule has 1 fully saturated rings. The summed E-state index contributed by atoms with van der Waals surface area (Å²) in [6.45, 7) is 1.22. The molecule has 0 bridgehead atoms. The van der Waals surface area contributed by atoms with Crippen LogP contribution < -0.4 is 11.1 Å². The molecule has 0 aromatic heterocycles. The summed E-state index contributed by atoms with van der Waals surface area (Å²) in [6.07, 6.45) is 1.77. The van der Waals surface area contributed by atoms with E-state index in [9.17, 15) is 9.59 Å². The van der Waals surface area contributed by atoms with Crippen LogP contribution in [0.4, 0.5) is 5.69 Å². The van der Waals surface area contributed by atoms with Crippen LogP contribution in [0.15, 0.2) is 24.3 Å². The molecule has 20 heavy (non-hydrogen) atoms. The first-order valence-electron chi connectivity index (χ1n) is 6.54. The van der Waals surface area contributed by atoms with Gasteiger partial charge in [0.2, 0.25) is 11.8 Å². The van der Waals surface area contributed by atoms with Crippen LogP contribution in [0.5, 0.6) is 0 Å². The largest absolute Gasteiger partial charge is 0.389 e. The molecule has 1 aliphatic heterocycles. The second-order valence-corrected chi connectivity index (χ2v) is 5.17. The standard InChI is InChI=1S/C14H17N3O2S/c15-14(20)10-3-1-4-11(9-10)16-12(18)6-8-17-7-2-5-13(17)19/h1,3-4,9H,2,5-8H2,(H2,15,20)(H,16,18). The van der Waals surface area contributed by atoms with Crippen molar-refractivity contribution in [2.75, 3.05) is 18.4 Å². The van der Waals surface area contributed by atoms with Crippen LogP contribution in [-0.4, -0.2) is 34.8 Å². The number of anilines is 1. The number of carbonyl (C=O) groups is 2. The van der Waals surface area contributed by atoms with Gasteiger partial charge in [0.05, 0.1) is 0 Å². The average molecular weight is 291 g/mol. The Morgan fingerprint density at radius 3 is 2.90 bits per heavy atom. The maximum absolute atomic E-state index is 11.8. The van der Waals surface area contributed by atoms with Crippen molar-refractivity contribution in [1.82, 2.24) is 4.90 Å². The number of thiocarbonyl (C=S) groups is 1. The molecular weight excluding hydrogens is 274 g/mol. The van der Waals surface area contributed by atoms with Gasteiger partial charge in [0.1, 0.15) is 4.99 Å². The number of likely N-dealkylation sites (tertiary alicyclic amines) is 1. The molecule has 6 heteroatoms. The van der Waals surface area contributed by atoms with E-state index in [2.05, 4.69) is 5.32 Å². The molecule has 1 heterocycles. The predicted octanol–water partition coefficient (Wildman–Crippen LogP) is 1.27. The van der Waals surface area contributed by atoms with Crippen molar-refractivity contribution in [2.24, 2.45) is 5.73 Å². The Bertz CT molecular complexity index is 545. The number of benzene rings is 1. The van der Waals surface area contributed by atoms with Gasteiger partial charge in [-0.25, -0.2) is 0 Å². The molecule has 1 aliphatic rings. The monoisotopic (exact) mass is 291 g/mol. The van der Waals surface area contributed by atoms with Crippen molar-refractivity contribution < 1.29 is 9.59 Å². The molecule has 5 nitrogen and oxygen atoms in total. The van der Waals surface area contributed by atoms with Gasteiger partial charge >= 0.3 is 0 Å². The van der Waals surface area contributed by atoms with Crippen LogP contribution in [0.3, 0.4) is 0 Å². The molecular formula is C14H17N3O2S. The lowest BCUT2D eigenvalue weighted by molar-refractivity contribution is -0.128. The van der Waals surface area contributed by atoms with Gasteiger partial charge in [0.15, 0.2) is 0 Å². The third-order valence-corrected chi connectivity index (χ3v) is 3.45. The summed E-state index contributed by atoms with van der Waals surface area (Å²) < 4.78 is 0. The summed E-state index contributed by atoms with van der Waals surface area (Å²) in [5.74, 6) is 0.0121. The Kier molecular flexibility index (Phi) is 4.68. The Morgan fingerprint density at radius 2 is 2.25 bits per heavy atom. The van der Waals surface area contributed by atoms with Gasteiger partial charge < -0.3 is 16.0 Å². The molecule has 0 unspecified atom stereocenters. The smallest absolute Gasteiger partial charge is 0.226 e. The molecule has 0 aliphatic carbocycles. The van der Waals surface area contributed by atoms with Crippen LogP contribution >= 0.6 is 12.2 Å². The maximum atomic E-state index is 11.8. The van der Waals surface area contributed by atoms with E-state index in [1.54, 1.807) is 29.2 Å². The fraction of sp³-hybridized carbons (Fsp3) is 0.357. The molecule has 1 aromatic carbocycles. The molecule has 0 atom stereocenters. The summed E-state index contributed by atoms with van der Waals surface area (Å²) in [5.41, 5.74) is 6.92. The highest BCUT2D eigenvalue weighted by molar-refractivity contribution is 7.80. The molecule has 0 saturated carbocycles. The summed E-state index contributed by atoms with van der Waals surface area (Å²) in [5, 5.41) is 2.78. The summed E-state index contributed by atoms with van der Waals surface area (Å²) in [4.78, 5) is 25.3. The Labute approximate surface area is 123 Å². The molecule has 2 amide bonds. The van der Waals surface area contributed by atoms with E-state index in [1.807, 2.05) is 0 Å². The first kappa shape index (κ1) is 14.5. The van der Waals surface area contributed by atoms with Gasteiger partial charge in [-0.1, -0.05) is 24.4 Å². The quantitative estimate of drug-likeness (QED) is 0.801. The van der Waals surface area contributed by atoms with Crippen molar-refractivity contribution in [3.05, 3.63) is 29.8 Å². The van der Waals surface area contributed by atoms with Gasteiger partial charge in [-0.3, -0.25) is 9.59 Å². The van der Waals surface area contributed by atoms with Crippen LogP contribution in [0.1, 0.15) is 24.8 Å². The minimum Gasteiger partial charge on any atom is -0.389 e. The molecule has 2 rings (SSSR count). The fourth-order valence-electron chi connectivity index (χ4n) is 2.15. The number of hydrogen-bond donors (Lipinski definition) is 2. The van der Waals surface area contributed by atoms with E-state index in [0.29, 0.717) is 35.6 Å². The SMILES string of the molecule is NC(=S)c1cccc(NC(=O)CCN2CCCC2=O)c1. The molecule has 3 N–H and O–H groups in total. The Balaban J connectivity index is 1.86. The number of nitrogens with one attached hydrogen (secondary N) is 1. The number of rotatable bonds is 5. The topological polar surface area (TPSA) is 75.4 Å². The Hall–Kier alpha value is -1.95. The highest BCUT2D eigenvalue weighted by Gasteiger charge is 2.20.